The minimum Gasteiger partial charge on any atom is -0.488 e. The highest BCUT2D eigenvalue weighted by Gasteiger charge is 2.28. The second kappa shape index (κ2) is 5.69. The quantitative estimate of drug-likeness (QED) is 0.770. The zero-order chi connectivity index (χ0) is 16.7. The van der Waals surface area contributed by atoms with Crippen LogP contribution in [-0.2, 0) is 6.61 Å². The first-order valence-electron chi connectivity index (χ1n) is 7.48. The Labute approximate surface area is 143 Å². The van der Waals surface area contributed by atoms with Crippen molar-refractivity contribution in [3.05, 3.63) is 64.8 Å². The van der Waals surface area contributed by atoms with E-state index in [1.54, 1.807) is 24.1 Å². The number of hydrogen-bond acceptors (Lipinski definition) is 3. The molecular formula is C18H14ClN3O2. The third-order valence-electron chi connectivity index (χ3n) is 4.10. The first-order valence-corrected chi connectivity index (χ1v) is 7.86. The van der Waals surface area contributed by atoms with Gasteiger partial charge in [0.1, 0.15) is 23.7 Å². The van der Waals surface area contributed by atoms with Gasteiger partial charge in [0.25, 0.3) is 5.91 Å². The molecule has 0 saturated carbocycles. The number of benzene rings is 2. The maximum absolute atomic E-state index is 12.9. The molecule has 0 bridgehead atoms. The molecule has 1 N–H and O–H groups in total. The van der Waals surface area contributed by atoms with Crippen LogP contribution >= 0.6 is 11.6 Å². The number of H-pyrrole nitrogens is 1. The van der Waals surface area contributed by atoms with E-state index in [-0.39, 0.29) is 5.91 Å². The number of nitrogens with one attached hydrogen (secondary N) is 1. The van der Waals surface area contributed by atoms with Crippen LogP contribution in [0, 0.1) is 0 Å². The number of amides is 1. The number of nitrogens with zero attached hydrogens (tertiary/aromatic N) is 2. The van der Waals surface area contributed by atoms with Crippen molar-refractivity contribution in [2.75, 3.05) is 11.9 Å². The van der Waals surface area contributed by atoms with E-state index < -0.39 is 0 Å². The van der Waals surface area contributed by atoms with Gasteiger partial charge in [-0.1, -0.05) is 29.8 Å². The third-order valence-corrected chi connectivity index (χ3v) is 4.33. The summed E-state index contributed by atoms with van der Waals surface area (Å²) >= 11 is 6.01. The largest absolute Gasteiger partial charge is 0.488 e. The number of hydrogen-bond donors (Lipinski definition) is 1. The van der Waals surface area contributed by atoms with Gasteiger partial charge in [0.2, 0.25) is 0 Å². The predicted molar refractivity (Wildman–Crippen MR) is 92.5 cm³/mol. The van der Waals surface area contributed by atoms with Crippen LogP contribution in [0.3, 0.4) is 0 Å². The Balaban J connectivity index is 1.72. The van der Waals surface area contributed by atoms with E-state index in [0.717, 1.165) is 22.6 Å². The predicted octanol–water partition coefficient (Wildman–Crippen LogP) is 3.90. The molecule has 5 nitrogen and oxygen atoms in total. The number of aromatic amines is 1. The highest BCUT2D eigenvalue weighted by molar-refractivity contribution is 6.31. The zero-order valence-corrected chi connectivity index (χ0v) is 13.7. The lowest BCUT2D eigenvalue weighted by Crippen LogP contribution is -2.28. The molecule has 120 valence electrons. The van der Waals surface area contributed by atoms with Gasteiger partial charge in [-0.15, -0.1) is 0 Å². The topological polar surface area (TPSA) is 58.2 Å². The van der Waals surface area contributed by atoms with Gasteiger partial charge in [-0.05, 0) is 30.3 Å². The van der Waals surface area contributed by atoms with Crippen molar-refractivity contribution in [3.8, 4) is 17.0 Å². The molecule has 6 heteroatoms. The molecule has 4 rings (SSSR count). The summed E-state index contributed by atoms with van der Waals surface area (Å²) in [5.41, 5.74) is 3.57. The monoisotopic (exact) mass is 339 g/mol. The number of carbonyl (C=O) groups is 1. The summed E-state index contributed by atoms with van der Waals surface area (Å²) in [4.78, 5) is 14.4. The molecule has 1 aromatic heterocycles. The Bertz CT molecular complexity index is 936. The average Bonchev–Trinajstić information content (AvgIpc) is 3.05. The number of rotatable bonds is 2. The summed E-state index contributed by atoms with van der Waals surface area (Å²) in [7, 11) is 1.71. The van der Waals surface area contributed by atoms with Crippen LogP contribution in [-0.4, -0.2) is 23.2 Å². The Morgan fingerprint density at radius 1 is 1.25 bits per heavy atom. The lowest BCUT2D eigenvalue weighted by atomic mass is 10.0. The van der Waals surface area contributed by atoms with E-state index in [9.17, 15) is 4.79 Å². The summed E-state index contributed by atoms with van der Waals surface area (Å²) < 4.78 is 5.75. The SMILES string of the molecule is CN(C(=O)c1[nH]nc2c1COc1ccccc1-2)c1cccc(Cl)c1. The lowest BCUT2D eigenvalue weighted by molar-refractivity contribution is 0.0985. The van der Waals surface area contributed by atoms with E-state index >= 15 is 0 Å². The van der Waals surface area contributed by atoms with E-state index in [2.05, 4.69) is 10.2 Å². The van der Waals surface area contributed by atoms with Crippen LogP contribution in [0.4, 0.5) is 5.69 Å². The number of ether oxygens (including phenoxy) is 1. The summed E-state index contributed by atoms with van der Waals surface area (Å²) in [6.07, 6.45) is 0. The van der Waals surface area contributed by atoms with Gasteiger partial charge in [-0.25, -0.2) is 0 Å². The zero-order valence-electron chi connectivity index (χ0n) is 12.9. The first kappa shape index (κ1) is 14.8. The first-order chi connectivity index (χ1) is 11.6. The van der Waals surface area contributed by atoms with Crippen LogP contribution < -0.4 is 9.64 Å². The molecule has 2 aromatic carbocycles. The van der Waals surface area contributed by atoms with Crippen LogP contribution in [0.15, 0.2) is 48.5 Å². The highest BCUT2D eigenvalue weighted by atomic mass is 35.5. The second-order valence-corrected chi connectivity index (χ2v) is 5.99. The molecule has 24 heavy (non-hydrogen) atoms. The second-order valence-electron chi connectivity index (χ2n) is 5.55. The summed E-state index contributed by atoms with van der Waals surface area (Å²) in [6, 6.07) is 14.8. The standard InChI is InChI=1S/C18H14ClN3O2/c1-22(12-6-4-5-11(19)9-12)18(23)17-14-10-24-15-8-3-2-7-13(15)16(14)20-21-17/h2-9H,10H2,1H3,(H,20,21). The number of para-hydroxylation sites is 1. The molecular weight excluding hydrogens is 326 g/mol. The normalized spacial score (nSPS) is 12.1. The van der Waals surface area contributed by atoms with E-state index in [1.807, 2.05) is 36.4 Å². The number of aromatic nitrogens is 2. The van der Waals surface area contributed by atoms with Gasteiger partial charge in [0.05, 0.1) is 0 Å². The van der Waals surface area contributed by atoms with Crippen LogP contribution in [0.5, 0.6) is 5.75 Å². The average molecular weight is 340 g/mol. The van der Waals surface area contributed by atoms with Gasteiger partial charge in [-0.2, -0.15) is 5.10 Å². The Morgan fingerprint density at radius 3 is 2.92 bits per heavy atom. The summed E-state index contributed by atoms with van der Waals surface area (Å²) in [5.74, 6) is 0.590. The molecule has 0 aliphatic carbocycles. The van der Waals surface area contributed by atoms with Crippen LogP contribution in [0.1, 0.15) is 16.1 Å². The number of halogens is 1. The highest BCUT2D eigenvalue weighted by Crippen LogP contribution is 2.37. The van der Waals surface area contributed by atoms with Gasteiger partial charge in [-0.3, -0.25) is 9.89 Å². The minimum absolute atomic E-state index is 0.186. The number of carbonyl (C=O) groups excluding carboxylic acids is 1. The fourth-order valence-electron chi connectivity index (χ4n) is 2.81. The van der Waals surface area contributed by atoms with Crippen molar-refractivity contribution >= 4 is 23.2 Å². The molecule has 1 amide bonds. The van der Waals surface area contributed by atoms with E-state index in [4.69, 9.17) is 16.3 Å². The summed E-state index contributed by atoms with van der Waals surface area (Å²) in [6.45, 7) is 0.313. The molecule has 0 unspecified atom stereocenters. The van der Waals surface area contributed by atoms with Crippen molar-refractivity contribution in [1.29, 1.82) is 0 Å². The van der Waals surface area contributed by atoms with Gasteiger partial charge in [0, 0.05) is 28.9 Å². The summed E-state index contributed by atoms with van der Waals surface area (Å²) in [5, 5.41) is 7.78. The van der Waals surface area contributed by atoms with Crippen molar-refractivity contribution < 1.29 is 9.53 Å². The maximum Gasteiger partial charge on any atom is 0.276 e. The molecule has 0 spiro atoms. The van der Waals surface area contributed by atoms with Gasteiger partial charge >= 0.3 is 0 Å². The lowest BCUT2D eigenvalue weighted by Gasteiger charge is -2.20. The number of fused-ring (bicyclic) bond motifs is 3. The van der Waals surface area contributed by atoms with Crippen molar-refractivity contribution in [3.63, 3.8) is 0 Å². The Hall–Kier alpha value is -2.79. The fraction of sp³-hybridized carbons (Fsp3) is 0.111. The molecule has 0 saturated heterocycles. The molecule has 0 radical (unpaired) electrons. The smallest absolute Gasteiger partial charge is 0.276 e. The van der Waals surface area contributed by atoms with Crippen molar-refractivity contribution in [1.82, 2.24) is 10.2 Å². The van der Waals surface area contributed by atoms with Crippen LogP contribution in [0.25, 0.3) is 11.3 Å². The van der Waals surface area contributed by atoms with E-state index in [0.29, 0.717) is 23.0 Å². The number of anilines is 1. The minimum atomic E-state index is -0.186. The van der Waals surface area contributed by atoms with Crippen LogP contribution in [0.2, 0.25) is 5.02 Å². The third kappa shape index (κ3) is 2.34. The fourth-order valence-corrected chi connectivity index (χ4v) is 3.00. The molecule has 1 aliphatic heterocycles. The van der Waals surface area contributed by atoms with Gasteiger partial charge in [0.15, 0.2) is 0 Å². The Kier molecular flexibility index (Phi) is 3.50. The maximum atomic E-state index is 12.9. The Morgan fingerprint density at radius 2 is 2.08 bits per heavy atom. The molecule has 0 fully saturated rings. The molecule has 2 heterocycles. The van der Waals surface area contributed by atoms with Gasteiger partial charge < -0.3 is 9.64 Å². The van der Waals surface area contributed by atoms with Crippen molar-refractivity contribution in [2.24, 2.45) is 0 Å². The molecule has 0 atom stereocenters. The van der Waals surface area contributed by atoms with Crippen molar-refractivity contribution in [2.45, 2.75) is 6.61 Å². The van der Waals surface area contributed by atoms with E-state index in [1.165, 1.54) is 0 Å². The molecule has 3 aromatic rings. The molecule has 1 aliphatic rings.